The lowest BCUT2D eigenvalue weighted by molar-refractivity contribution is -0.385. The van der Waals surface area contributed by atoms with Crippen LogP contribution in [0.3, 0.4) is 0 Å². The van der Waals surface area contributed by atoms with E-state index in [0.29, 0.717) is 5.56 Å². The molecule has 1 unspecified atom stereocenters. The first-order valence-electron chi connectivity index (χ1n) is 8.50. The molecule has 0 bridgehead atoms. The third-order valence-electron chi connectivity index (χ3n) is 4.55. The van der Waals surface area contributed by atoms with E-state index in [-0.39, 0.29) is 22.0 Å². The third-order valence-corrected chi connectivity index (χ3v) is 5.32. The molecule has 2 aromatic carbocycles. The Hall–Kier alpha value is -3.85. The molecule has 1 atom stereocenters. The zero-order valence-corrected chi connectivity index (χ0v) is 15.6. The summed E-state index contributed by atoms with van der Waals surface area (Å²) in [6.45, 7) is 0. The fourth-order valence-electron chi connectivity index (χ4n) is 3.30. The summed E-state index contributed by atoms with van der Waals surface area (Å²) in [5.41, 5.74) is -0.0387. The van der Waals surface area contributed by atoms with Crippen molar-refractivity contribution in [3.63, 3.8) is 0 Å². The average Bonchev–Trinajstić information content (AvgIpc) is 3.35. The van der Waals surface area contributed by atoms with Gasteiger partial charge in [-0.05, 0) is 6.07 Å². The van der Waals surface area contributed by atoms with E-state index in [1.165, 1.54) is 24.4 Å². The number of para-hydroxylation sites is 1. The molecule has 4 rings (SSSR count). The number of nitrogens with zero attached hydrogens (tertiary/aromatic N) is 3. The maximum absolute atomic E-state index is 12.9. The van der Waals surface area contributed by atoms with Crippen molar-refractivity contribution in [1.82, 2.24) is 4.98 Å². The lowest BCUT2D eigenvalue weighted by atomic mass is 9.94. The van der Waals surface area contributed by atoms with E-state index in [4.69, 9.17) is 0 Å². The van der Waals surface area contributed by atoms with Gasteiger partial charge in [0.2, 0.25) is 0 Å². The van der Waals surface area contributed by atoms with Crippen LogP contribution in [0.2, 0.25) is 0 Å². The molecule has 1 aromatic heterocycles. The van der Waals surface area contributed by atoms with Gasteiger partial charge in [0.25, 0.3) is 11.5 Å². The highest BCUT2D eigenvalue weighted by Crippen LogP contribution is 2.45. The highest BCUT2D eigenvalue weighted by atomic mass is 32.1. The molecule has 1 fully saturated rings. The van der Waals surface area contributed by atoms with Gasteiger partial charge in [-0.3, -0.25) is 24.6 Å². The Kier molecular flexibility index (Phi) is 4.65. The van der Waals surface area contributed by atoms with Crippen molar-refractivity contribution in [2.24, 2.45) is 0 Å². The quantitative estimate of drug-likeness (QED) is 0.232. The summed E-state index contributed by atoms with van der Waals surface area (Å²) in [5, 5.41) is 24.3. The SMILES string of the molecule is O=C1C(=O)N(c2nccs2)C(c2ccccc2[N+](=O)[O-])C1=C(O)c1ccccc1. The number of hydrogen-bond donors (Lipinski definition) is 1. The molecule has 0 aliphatic carbocycles. The van der Waals surface area contributed by atoms with Crippen LogP contribution in [-0.4, -0.2) is 26.7 Å². The molecule has 1 amide bonds. The Labute approximate surface area is 168 Å². The zero-order valence-electron chi connectivity index (χ0n) is 14.8. The Bertz CT molecular complexity index is 1140. The maximum Gasteiger partial charge on any atom is 0.301 e. The van der Waals surface area contributed by atoms with Gasteiger partial charge in [0, 0.05) is 23.2 Å². The molecule has 0 radical (unpaired) electrons. The molecule has 1 aliphatic rings. The molecule has 2 heterocycles. The molecule has 0 saturated carbocycles. The number of nitro benzene ring substituents is 1. The highest BCUT2D eigenvalue weighted by molar-refractivity contribution is 7.14. The van der Waals surface area contributed by atoms with Gasteiger partial charge in [-0.1, -0.05) is 42.5 Å². The summed E-state index contributed by atoms with van der Waals surface area (Å²) in [6.07, 6.45) is 1.47. The van der Waals surface area contributed by atoms with Crippen molar-refractivity contribution in [2.75, 3.05) is 4.90 Å². The van der Waals surface area contributed by atoms with Crippen LogP contribution < -0.4 is 4.90 Å². The minimum absolute atomic E-state index is 0.115. The predicted molar refractivity (Wildman–Crippen MR) is 106 cm³/mol. The average molecular weight is 407 g/mol. The Morgan fingerprint density at radius 2 is 1.79 bits per heavy atom. The maximum atomic E-state index is 12.9. The van der Waals surface area contributed by atoms with Gasteiger partial charge in [-0.15, -0.1) is 11.3 Å². The molecule has 8 nitrogen and oxygen atoms in total. The zero-order chi connectivity index (χ0) is 20.5. The normalized spacial score (nSPS) is 18.2. The topological polar surface area (TPSA) is 114 Å². The number of hydrogen-bond acceptors (Lipinski definition) is 7. The van der Waals surface area contributed by atoms with E-state index in [2.05, 4.69) is 4.98 Å². The van der Waals surface area contributed by atoms with E-state index in [9.17, 15) is 24.8 Å². The second-order valence-electron chi connectivity index (χ2n) is 6.17. The minimum Gasteiger partial charge on any atom is -0.507 e. The number of benzene rings is 2. The van der Waals surface area contributed by atoms with E-state index < -0.39 is 28.4 Å². The van der Waals surface area contributed by atoms with Crippen molar-refractivity contribution in [3.05, 3.63) is 93.0 Å². The van der Waals surface area contributed by atoms with Gasteiger partial charge in [0.1, 0.15) is 11.8 Å². The molecule has 3 aromatic rings. The van der Waals surface area contributed by atoms with Gasteiger partial charge in [-0.25, -0.2) is 4.98 Å². The van der Waals surface area contributed by atoms with E-state index in [1.54, 1.807) is 41.8 Å². The number of carbonyl (C=O) groups excluding carboxylic acids is 2. The van der Waals surface area contributed by atoms with Crippen LogP contribution in [-0.2, 0) is 9.59 Å². The van der Waals surface area contributed by atoms with Gasteiger partial charge < -0.3 is 5.11 Å². The summed E-state index contributed by atoms with van der Waals surface area (Å²) in [6, 6.07) is 12.9. The van der Waals surface area contributed by atoms with Crippen molar-refractivity contribution in [3.8, 4) is 0 Å². The molecule has 144 valence electrons. The summed E-state index contributed by atoms with van der Waals surface area (Å²) < 4.78 is 0. The molecule has 0 spiro atoms. The minimum atomic E-state index is -1.18. The second-order valence-corrected chi connectivity index (χ2v) is 7.04. The number of ketones is 1. The van der Waals surface area contributed by atoms with Crippen LogP contribution in [0.4, 0.5) is 10.8 Å². The van der Waals surface area contributed by atoms with Crippen molar-refractivity contribution >= 4 is 39.6 Å². The molecule has 1 saturated heterocycles. The highest BCUT2D eigenvalue weighted by Gasteiger charge is 2.49. The van der Waals surface area contributed by atoms with Gasteiger partial charge in [0.15, 0.2) is 5.13 Å². The van der Waals surface area contributed by atoms with Gasteiger partial charge >= 0.3 is 5.91 Å². The standard InChI is InChI=1S/C20H13N3O5S/c24-17(12-6-2-1-3-7-12)15-16(13-8-4-5-9-14(13)23(27)28)22(19(26)18(15)25)20-21-10-11-29-20/h1-11,16,24H. The number of rotatable bonds is 4. The van der Waals surface area contributed by atoms with Crippen molar-refractivity contribution in [2.45, 2.75) is 6.04 Å². The molecular weight excluding hydrogens is 394 g/mol. The van der Waals surface area contributed by atoms with Gasteiger partial charge in [0.05, 0.1) is 16.1 Å². The smallest absolute Gasteiger partial charge is 0.301 e. The van der Waals surface area contributed by atoms with Gasteiger partial charge in [-0.2, -0.15) is 0 Å². The molecule has 1 N–H and O–H groups in total. The summed E-state index contributed by atoms with van der Waals surface area (Å²) >= 11 is 1.12. The Morgan fingerprint density at radius 1 is 1.10 bits per heavy atom. The summed E-state index contributed by atoms with van der Waals surface area (Å²) in [4.78, 5) is 42.0. The van der Waals surface area contributed by atoms with Crippen LogP contribution in [0, 0.1) is 10.1 Å². The predicted octanol–water partition coefficient (Wildman–Crippen LogP) is 3.68. The Morgan fingerprint density at radius 3 is 2.45 bits per heavy atom. The van der Waals surface area contributed by atoms with E-state index in [0.717, 1.165) is 16.2 Å². The number of aromatic nitrogens is 1. The Balaban J connectivity index is 2.01. The lowest BCUT2D eigenvalue weighted by Crippen LogP contribution is -2.29. The van der Waals surface area contributed by atoms with Crippen LogP contribution in [0.15, 0.2) is 71.7 Å². The van der Waals surface area contributed by atoms with Crippen molar-refractivity contribution in [1.29, 1.82) is 0 Å². The number of carbonyl (C=O) groups is 2. The third kappa shape index (κ3) is 3.07. The number of nitro groups is 1. The number of aliphatic hydroxyl groups is 1. The lowest BCUT2D eigenvalue weighted by Gasteiger charge is -2.22. The monoisotopic (exact) mass is 407 g/mol. The van der Waals surface area contributed by atoms with E-state index >= 15 is 0 Å². The van der Waals surface area contributed by atoms with Crippen LogP contribution >= 0.6 is 11.3 Å². The first kappa shape index (κ1) is 18.5. The van der Waals surface area contributed by atoms with E-state index in [1.807, 2.05) is 0 Å². The molecule has 1 aliphatic heterocycles. The number of anilines is 1. The van der Waals surface area contributed by atoms with Crippen LogP contribution in [0.5, 0.6) is 0 Å². The van der Waals surface area contributed by atoms with Crippen molar-refractivity contribution < 1.29 is 19.6 Å². The summed E-state index contributed by atoms with van der Waals surface area (Å²) in [7, 11) is 0. The number of amides is 1. The first-order chi connectivity index (χ1) is 14.0. The second kappa shape index (κ2) is 7.28. The van der Waals surface area contributed by atoms with Crippen LogP contribution in [0.1, 0.15) is 17.2 Å². The fraction of sp³-hybridized carbons (Fsp3) is 0.0500. The largest absolute Gasteiger partial charge is 0.507 e. The molecule has 29 heavy (non-hydrogen) atoms. The number of aliphatic hydroxyl groups excluding tert-OH is 1. The number of Topliss-reactive ketones (excluding diaryl/α,β-unsaturated/α-hetero) is 1. The summed E-state index contributed by atoms with van der Waals surface area (Å²) in [5.74, 6) is -2.23. The van der Waals surface area contributed by atoms with Crippen LogP contribution in [0.25, 0.3) is 5.76 Å². The fourth-order valence-corrected chi connectivity index (χ4v) is 3.96. The molecule has 9 heteroatoms. The number of thiazole rings is 1. The molecular formula is C20H13N3O5S. The first-order valence-corrected chi connectivity index (χ1v) is 9.38.